The Morgan fingerprint density at radius 3 is 2.50 bits per heavy atom. The van der Waals surface area contributed by atoms with E-state index >= 15 is 0 Å². The molecule has 0 aliphatic rings. The van der Waals surface area contributed by atoms with Gasteiger partial charge in [-0.15, -0.1) is 0 Å². The predicted octanol–water partition coefficient (Wildman–Crippen LogP) is 2.34. The number of hydrogen-bond donors (Lipinski definition) is 2. The summed E-state index contributed by atoms with van der Waals surface area (Å²) in [7, 11) is 0. The summed E-state index contributed by atoms with van der Waals surface area (Å²) >= 11 is 5.71. The third-order valence-electron chi connectivity index (χ3n) is 2.77. The summed E-state index contributed by atoms with van der Waals surface area (Å²) in [4.78, 5) is 33.4. The first kappa shape index (κ1) is 17.1. The Balaban J connectivity index is 1.92. The monoisotopic (exact) mass is 346 g/mol. The molecule has 9 heteroatoms. The fourth-order valence-corrected chi connectivity index (χ4v) is 1.78. The Hall–Kier alpha value is -3.26. The molecule has 0 aromatic heterocycles. The van der Waals surface area contributed by atoms with Crippen molar-refractivity contribution in [3.8, 4) is 0 Å². The van der Waals surface area contributed by atoms with Crippen molar-refractivity contribution in [1.29, 1.82) is 0 Å². The van der Waals surface area contributed by atoms with E-state index in [1.807, 2.05) is 5.43 Å². The number of nitrogens with zero attached hydrogens (tertiary/aromatic N) is 2. The first-order chi connectivity index (χ1) is 11.5. The average molecular weight is 347 g/mol. The summed E-state index contributed by atoms with van der Waals surface area (Å²) in [6.45, 7) is 0. The standard InChI is InChI=1S/C15H11ClN4O4/c16-11-4-6-12(7-5-11)18-14(21)15(22)19-17-9-10-2-1-3-13(8-10)20(23)24/h1-9H,(H,18,21)(H,19,22). The summed E-state index contributed by atoms with van der Waals surface area (Å²) in [6, 6.07) is 11.9. The highest BCUT2D eigenvalue weighted by atomic mass is 35.5. The zero-order valence-electron chi connectivity index (χ0n) is 12.1. The summed E-state index contributed by atoms with van der Waals surface area (Å²) in [5.74, 6) is -1.89. The van der Waals surface area contributed by atoms with Crippen molar-refractivity contribution in [2.75, 3.05) is 5.32 Å². The molecule has 122 valence electrons. The van der Waals surface area contributed by atoms with E-state index in [2.05, 4.69) is 10.4 Å². The van der Waals surface area contributed by atoms with E-state index in [0.717, 1.165) is 0 Å². The van der Waals surface area contributed by atoms with E-state index in [1.54, 1.807) is 30.3 Å². The molecule has 2 aromatic carbocycles. The number of hydrazone groups is 1. The minimum atomic E-state index is -0.980. The number of rotatable bonds is 4. The van der Waals surface area contributed by atoms with Crippen LogP contribution in [-0.2, 0) is 9.59 Å². The largest absolute Gasteiger partial charge is 0.329 e. The maximum absolute atomic E-state index is 11.7. The first-order valence-electron chi connectivity index (χ1n) is 6.60. The molecular weight excluding hydrogens is 336 g/mol. The van der Waals surface area contributed by atoms with Crippen molar-refractivity contribution in [1.82, 2.24) is 5.43 Å². The van der Waals surface area contributed by atoms with Gasteiger partial charge in [0, 0.05) is 28.4 Å². The van der Waals surface area contributed by atoms with Crippen LogP contribution in [0.4, 0.5) is 11.4 Å². The van der Waals surface area contributed by atoms with Crippen LogP contribution >= 0.6 is 11.6 Å². The van der Waals surface area contributed by atoms with E-state index in [0.29, 0.717) is 16.3 Å². The average Bonchev–Trinajstić information content (AvgIpc) is 2.57. The Morgan fingerprint density at radius 1 is 1.12 bits per heavy atom. The number of halogens is 1. The molecule has 0 heterocycles. The molecule has 2 amide bonds. The summed E-state index contributed by atoms with van der Waals surface area (Å²) in [6.07, 6.45) is 1.19. The molecule has 0 spiro atoms. The SMILES string of the molecule is O=C(NN=Cc1cccc([N+](=O)[O-])c1)C(=O)Nc1ccc(Cl)cc1. The fraction of sp³-hybridized carbons (Fsp3) is 0. The number of nitro benzene ring substituents is 1. The zero-order valence-corrected chi connectivity index (χ0v) is 12.9. The van der Waals surface area contributed by atoms with Crippen LogP contribution in [0.25, 0.3) is 0 Å². The Morgan fingerprint density at radius 2 is 1.83 bits per heavy atom. The lowest BCUT2D eigenvalue weighted by atomic mass is 10.2. The first-order valence-corrected chi connectivity index (χ1v) is 6.98. The summed E-state index contributed by atoms with van der Waals surface area (Å²) < 4.78 is 0. The van der Waals surface area contributed by atoms with Gasteiger partial charge in [0.15, 0.2) is 0 Å². The van der Waals surface area contributed by atoms with Gasteiger partial charge in [-0.3, -0.25) is 19.7 Å². The van der Waals surface area contributed by atoms with Crippen LogP contribution in [0, 0.1) is 10.1 Å². The van der Waals surface area contributed by atoms with Crippen LogP contribution in [-0.4, -0.2) is 23.0 Å². The highest BCUT2D eigenvalue weighted by Crippen LogP contribution is 2.13. The third kappa shape index (κ3) is 4.89. The number of carbonyl (C=O) groups excluding carboxylic acids is 2. The van der Waals surface area contributed by atoms with E-state index < -0.39 is 16.7 Å². The summed E-state index contributed by atoms with van der Waals surface area (Å²) in [5, 5.41) is 17.1. The van der Waals surface area contributed by atoms with Crippen LogP contribution in [0.3, 0.4) is 0 Å². The van der Waals surface area contributed by atoms with Gasteiger partial charge >= 0.3 is 11.8 Å². The molecule has 0 radical (unpaired) electrons. The van der Waals surface area contributed by atoms with Crippen molar-refractivity contribution >= 4 is 41.0 Å². The van der Waals surface area contributed by atoms with E-state index in [-0.39, 0.29) is 5.69 Å². The Bertz CT molecular complexity index is 805. The molecule has 0 atom stereocenters. The maximum Gasteiger partial charge on any atom is 0.329 e. The molecule has 8 nitrogen and oxygen atoms in total. The highest BCUT2D eigenvalue weighted by Gasteiger charge is 2.12. The van der Waals surface area contributed by atoms with Crippen molar-refractivity contribution in [2.24, 2.45) is 5.10 Å². The number of anilines is 1. The van der Waals surface area contributed by atoms with Crippen molar-refractivity contribution in [2.45, 2.75) is 0 Å². The second-order valence-corrected chi connectivity index (χ2v) is 4.95. The number of benzene rings is 2. The third-order valence-corrected chi connectivity index (χ3v) is 3.02. The van der Waals surface area contributed by atoms with E-state index in [4.69, 9.17) is 11.6 Å². The normalized spacial score (nSPS) is 10.4. The highest BCUT2D eigenvalue weighted by molar-refractivity contribution is 6.39. The van der Waals surface area contributed by atoms with Crippen LogP contribution < -0.4 is 10.7 Å². The molecule has 0 unspecified atom stereocenters. The Kier molecular flexibility index (Phi) is 5.58. The van der Waals surface area contributed by atoms with E-state index in [1.165, 1.54) is 24.4 Å². The number of carbonyl (C=O) groups is 2. The second-order valence-electron chi connectivity index (χ2n) is 4.51. The lowest BCUT2D eigenvalue weighted by molar-refractivity contribution is -0.384. The number of hydrogen-bond acceptors (Lipinski definition) is 5. The second kappa shape index (κ2) is 7.84. The smallest absolute Gasteiger partial charge is 0.318 e. The van der Waals surface area contributed by atoms with Crippen LogP contribution in [0.1, 0.15) is 5.56 Å². The van der Waals surface area contributed by atoms with Gasteiger partial charge in [0.05, 0.1) is 11.1 Å². The van der Waals surface area contributed by atoms with Gasteiger partial charge in [-0.1, -0.05) is 23.7 Å². The number of amides is 2. The van der Waals surface area contributed by atoms with Crippen LogP contribution in [0.15, 0.2) is 53.6 Å². The van der Waals surface area contributed by atoms with Gasteiger partial charge in [-0.05, 0) is 24.3 Å². The summed E-state index contributed by atoms with van der Waals surface area (Å²) in [5.41, 5.74) is 2.74. The van der Waals surface area contributed by atoms with Gasteiger partial charge in [0.2, 0.25) is 0 Å². The van der Waals surface area contributed by atoms with Gasteiger partial charge in [0.1, 0.15) is 0 Å². The topological polar surface area (TPSA) is 114 Å². The molecule has 0 aliphatic carbocycles. The fourth-order valence-electron chi connectivity index (χ4n) is 1.66. The number of nitrogens with one attached hydrogen (secondary N) is 2. The molecule has 0 saturated carbocycles. The van der Waals surface area contributed by atoms with Gasteiger partial charge < -0.3 is 5.32 Å². The molecule has 0 bridgehead atoms. The molecule has 2 rings (SSSR count). The minimum Gasteiger partial charge on any atom is -0.318 e. The zero-order chi connectivity index (χ0) is 17.5. The van der Waals surface area contributed by atoms with Gasteiger partial charge in [-0.25, -0.2) is 5.43 Å². The molecule has 0 saturated heterocycles. The number of non-ortho nitro benzene ring substituents is 1. The van der Waals surface area contributed by atoms with Crippen molar-refractivity contribution in [3.05, 3.63) is 69.2 Å². The molecular formula is C15H11ClN4O4. The molecule has 2 aromatic rings. The lowest BCUT2D eigenvalue weighted by Crippen LogP contribution is -2.32. The Labute approximate surface area is 141 Å². The van der Waals surface area contributed by atoms with Crippen LogP contribution in [0.2, 0.25) is 5.02 Å². The van der Waals surface area contributed by atoms with Gasteiger partial charge in [-0.2, -0.15) is 5.10 Å². The lowest BCUT2D eigenvalue weighted by Gasteiger charge is -2.03. The van der Waals surface area contributed by atoms with E-state index in [9.17, 15) is 19.7 Å². The quantitative estimate of drug-likeness (QED) is 0.382. The predicted molar refractivity (Wildman–Crippen MR) is 88.9 cm³/mol. The van der Waals surface area contributed by atoms with Gasteiger partial charge in [0.25, 0.3) is 5.69 Å². The van der Waals surface area contributed by atoms with Crippen molar-refractivity contribution < 1.29 is 14.5 Å². The molecule has 24 heavy (non-hydrogen) atoms. The van der Waals surface area contributed by atoms with Crippen molar-refractivity contribution in [3.63, 3.8) is 0 Å². The minimum absolute atomic E-state index is 0.106. The number of nitro groups is 1. The molecule has 0 fully saturated rings. The maximum atomic E-state index is 11.7. The van der Waals surface area contributed by atoms with Crippen LogP contribution in [0.5, 0.6) is 0 Å². The molecule has 2 N–H and O–H groups in total. The molecule has 0 aliphatic heterocycles.